The van der Waals surface area contributed by atoms with Gasteiger partial charge in [-0.15, -0.1) is 0 Å². The lowest BCUT2D eigenvalue weighted by molar-refractivity contribution is -0.160. The first kappa shape index (κ1) is 36.3. The number of carbonyl (C=O) groups excluding carboxylic acids is 6. The Bertz CT molecular complexity index is 1500. The Morgan fingerprint density at radius 3 is 2.04 bits per heavy atom. The molecule has 1 aliphatic heterocycles. The largest absolute Gasteiger partial charge is 0.458 e. The standard InChI is InChI=1S/C37H53N5O7/c1-35(2,3)29(33(47)49-36(4,5)6)41-34(48)40-26(22-16-20-11-9-10-12-21(20)17-22)32(46)42-18-23-25(37(23,7)8)27(42)31(45)39-24(15-19-13-14-19)28(43)30(38)44/h9-12,19,22-27,29H,13-18H2,1-8H3,(H2,38,44)(H,39,45)(H2,40,41,48)/t23-,24?,25-,26-,27-,29+/m0/s1. The number of primary amides is 1. The highest BCUT2D eigenvalue weighted by atomic mass is 16.6. The molecule has 1 unspecified atom stereocenters. The van der Waals surface area contributed by atoms with Crippen molar-refractivity contribution >= 4 is 35.5 Å². The Balaban J connectivity index is 1.41. The Kier molecular flexibility index (Phi) is 9.68. The molecule has 3 fully saturated rings. The van der Waals surface area contributed by atoms with Gasteiger partial charge in [0.05, 0.1) is 6.04 Å². The highest BCUT2D eigenvalue weighted by Crippen LogP contribution is 2.65. The van der Waals surface area contributed by atoms with E-state index >= 15 is 0 Å². The molecule has 5 rings (SSSR count). The fraction of sp³-hybridized carbons (Fsp3) is 0.676. The molecule has 3 aliphatic carbocycles. The molecule has 12 nitrogen and oxygen atoms in total. The van der Waals surface area contributed by atoms with Gasteiger partial charge in [-0.1, -0.05) is 71.7 Å². The van der Waals surface area contributed by atoms with Crippen molar-refractivity contribution in [3.63, 3.8) is 0 Å². The van der Waals surface area contributed by atoms with Crippen molar-refractivity contribution in [2.45, 2.75) is 117 Å². The van der Waals surface area contributed by atoms with Crippen LogP contribution in [0.3, 0.4) is 0 Å². The van der Waals surface area contributed by atoms with E-state index in [1.807, 2.05) is 45.0 Å². The normalized spacial score (nSPS) is 24.5. The summed E-state index contributed by atoms with van der Waals surface area (Å²) in [6, 6.07) is 3.23. The molecular formula is C37H53N5O7. The molecule has 0 aromatic heterocycles. The molecule has 4 aliphatic rings. The number of nitrogens with two attached hydrogens (primary N) is 1. The van der Waals surface area contributed by atoms with Gasteiger partial charge in [-0.25, -0.2) is 9.59 Å². The van der Waals surface area contributed by atoms with Crippen molar-refractivity contribution < 1.29 is 33.5 Å². The summed E-state index contributed by atoms with van der Waals surface area (Å²) >= 11 is 0. The lowest BCUT2D eigenvalue weighted by Gasteiger charge is -2.36. The molecule has 0 bridgehead atoms. The number of ketones is 1. The molecule has 1 aromatic carbocycles. The molecule has 5 N–H and O–H groups in total. The van der Waals surface area contributed by atoms with Gasteiger partial charge < -0.3 is 31.3 Å². The first-order valence-electron chi connectivity index (χ1n) is 17.5. The summed E-state index contributed by atoms with van der Waals surface area (Å²) in [5.41, 5.74) is 5.82. The van der Waals surface area contributed by atoms with Crippen LogP contribution < -0.4 is 21.7 Å². The minimum Gasteiger partial charge on any atom is -0.458 e. The van der Waals surface area contributed by atoms with E-state index in [0.29, 0.717) is 25.8 Å². The van der Waals surface area contributed by atoms with E-state index in [-0.39, 0.29) is 29.1 Å². The van der Waals surface area contributed by atoms with E-state index in [0.717, 1.165) is 24.0 Å². The number of fused-ring (bicyclic) bond motifs is 2. The number of likely N-dealkylation sites (tertiary alicyclic amines) is 1. The van der Waals surface area contributed by atoms with Crippen LogP contribution in [0, 0.1) is 34.5 Å². The minimum absolute atomic E-state index is 0.0496. The maximum atomic E-state index is 14.7. The number of nitrogens with zero attached hydrogens (tertiary/aromatic N) is 1. The molecule has 5 amide bonds. The maximum Gasteiger partial charge on any atom is 0.329 e. The van der Waals surface area contributed by atoms with Gasteiger partial charge in [-0.3, -0.25) is 19.2 Å². The van der Waals surface area contributed by atoms with Gasteiger partial charge >= 0.3 is 12.0 Å². The summed E-state index contributed by atoms with van der Waals surface area (Å²) in [6.07, 6.45) is 3.23. The lowest BCUT2D eigenvalue weighted by atomic mass is 9.86. The third-order valence-electron chi connectivity index (χ3n) is 10.8. The van der Waals surface area contributed by atoms with Crippen LogP contribution in [0.1, 0.15) is 85.8 Å². The summed E-state index contributed by atoms with van der Waals surface area (Å²) < 4.78 is 5.62. The van der Waals surface area contributed by atoms with Gasteiger partial charge in [-0.2, -0.15) is 0 Å². The summed E-state index contributed by atoms with van der Waals surface area (Å²) in [4.78, 5) is 81.8. The average Bonchev–Trinajstić information content (AvgIpc) is 3.74. The molecule has 1 heterocycles. The summed E-state index contributed by atoms with van der Waals surface area (Å²) in [6.45, 7) is 15.1. The Morgan fingerprint density at radius 1 is 0.939 bits per heavy atom. The number of esters is 1. The minimum atomic E-state index is -1.11. The molecular weight excluding hydrogens is 626 g/mol. The lowest BCUT2D eigenvalue weighted by Crippen LogP contribution is -2.62. The van der Waals surface area contributed by atoms with Crippen LogP contribution in [-0.2, 0) is 41.6 Å². The zero-order chi connectivity index (χ0) is 36.2. The van der Waals surface area contributed by atoms with Gasteiger partial charge in [0.2, 0.25) is 17.6 Å². The Hall–Kier alpha value is -3.96. The second kappa shape index (κ2) is 13.1. The maximum absolute atomic E-state index is 14.7. The zero-order valence-corrected chi connectivity index (χ0v) is 30.1. The fourth-order valence-corrected chi connectivity index (χ4v) is 7.85. The average molecular weight is 680 g/mol. The van der Waals surface area contributed by atoms with E-state index in [1.165, 1.54) is 0 Å². The molecule has 1 saturated heterocycles. The predicted octanol–water partition coefficient (Wildman–Crippen LogP) is 2.65. The Morgan fingerprint density at radius 2 is 1.53 bits per heavy atom. The van der Waals surface area contributed by atoms with Crippen molar-refractivity contribution in [2.75, 3.05) is 6.54 Å². The first-order valence-corrected chi connectivity index (χ1v) is 17.5. The summed E-state index contributed by atoms with van der Waals surface area (Å²) in [5, 5.41) is 8.49. The third kappa shape index (κ3) is 7.94. The fourth-order valence-electron chi connectivity index (χ4n) is 7.85. The van der Waals surface area contributed by atoms with E-state index in [2.05, 4.69) is 29.8 Å². The third-order valence-corrected chi connectivity index (χ3v) is 10.8. The number of Topliss-reactive ketones (excluding diaryl/α,β-unsaturated/α-hetero) is 1. The monoisotopic (exact) mass is 679 g/mol. The molecule has 6 atom stereocenters. The van der Waals surface area contributed by atoms with Crippen molar-refractivity contribution in [3.8, 4) is 0 Å². The predicted molar refractivity (Wildman–Crippen MR) is 182 cm³/mol. The number of amides is 5. The highest BCUT2D eigenvalue weighted by Gasteiger charge is 2.70. The van der Waals surface area contributed by atoms with Gasteiger partial charge in [-0.05, 0) is 85.7 Å². The van der Waals surface area contributed by atoms with Crippen molar-refractivity contribution in [1.29, 1.82) is 0 Å². The number of urea groups is 1. The topological polar surface area (TPSA) is 177 Å². The molecule has 49 heavy (non-hydrogen) atoms. The van der Waals surface area contributed by atoms with Crippen LogP contribution in [0.25, 0.3) is 0 Å². The van der Waals surface area contributed by atoms with E-state index in [9.17, 15) is 28.8 Å². The molecule has 268 valence electrons. The van der Waals surface area contributed by atoms with Crippen LogP contribution in [0.4, 0.5) is 4.79 Å². The van der Waals surface area contributed by atoms with Crippen molar-refractivity contribution in [3.05, 3.63) is 35.4 Å². The molecule has 0 radical (unpaired) electrons. The summed E-state index contributed by atoms with van der Waals surface area (Å²) in [5.74, 6) is -3.62. The number of carbonyl (C=O) groups is 6. The number of piperidine rings is 1. The smallest absolute Gasteiger partial charge is 0.329 e. The number of benzene rings is 1. The van der Waals surface area contributed by atoms with Crippen molar-refractivity contribution in [2.24, 2.45) is 40.2 Å². The number of hydrogen-bond acceptors (Lipinski definition) is 7. The van der Waals surface area contributed by atoms with Gasteiger partial charge in [0.1, 0.15) is 23.7 Å². The molecule has 1 aromatic rings. The van der Waals surface area contributed by atoms with Crippen LogP contribution >= 0.6 is 0 Å². The Labute approximate surface area is 289 Å². The second-order valence-corrected chi connectivity index (χ2v) is 17.2. The van der Waals surface area contributed by atoms with E-state index < -0.39 is 70.7 Å². The van der Waals surface area contributed by atoms with Gasteiger partial charge in [0, 0.05) is 6.54 Å². The molecule has 2 saturated carbocycles. The molecule has 0 spiro atoms. The van der Waals surface area contributed by atoms with Crippen LogP contribution in [-0.4, -0.2) is 76.7 Å². The second-order valence-electron chi connectivity index (χ2n) is 17.2. The summed E-state index contributed by atoms with van der Waals surface area (Å²) in [7, 11) is 0. The number of ether oxygens (including phenoxy) is 1. The van der Waals surface area contributed by atoms with Crippen LogP contribution in [0.2, 0.25) is 0 Å². The number of nitrogens with one attached hydrogen (secondary N) is 3. The van der Waals surface area contributed by atoms with Gasteiger partial charge in [0.25, 0.3) is 5.91 Å². The van der Waals surface area contributed by atoms with Crippen LogP contribution in [0.15, 0.2) is 24.3 Å². The SMILES string of the molecule is CC(C)(C)OC(=O)[C@@H](NC(=O)N[C@H](C(=O)N1C[C@H]2[C@@H]([C@H]1C(=O)NC(CC1CC1)C(=O)C(N)=O)C2(C)C)C1Cc2ccccc2C1)C(C)(C)C. The van der Waals surface area contributed by atoms with E-state index in [4.69, 9.17) is 10.5 Å². The first-order chi connectivity index (χ1) is 22.7. The number of rotatable bonds is 11. The van der Waals surface area contributed by atoms with E-state index in [1.54, 1.807) is 25.7 Å². The highest BCUT2D eigenvalue weighted by molar-refractivity contribution is 6.37. The van der Waals surface area contributed by atoms with Crippen molar-refractivity contribution in [1.82, 2.24) is 20.9 Å². The zero-order valence-electron chi connectivity index (χ0n) is 30.1. The van der Waals surface area contributed by atoms with Crippen LogP contribution in [0.5, 0.6) is 0 Å². The number of hydrogen-bond donors (Lipinski definition) is 4. The molecule has 12 heteroatoms. The van der Waals surface area contributed by atoms with Gasteiger partial charge in [0.15, 0.2) is 0 Å². The quantitative estimate of drug-likeness (QED) is 0.205.